The number of ether oxygens (including phenoxy) is 2. The van der Waals surface area contributed by atoms with E-state index in [9.17, 15) is 9.90 Å². The molecule has 3 rings (SSSR count). The van der Waals surface area contributed by atoms with Crippen LogP contribution in [0.3, 0.4) is 0 Å². The summed E-state index contributed by atoms with van der Waals surface area (Å²) in [5, 5.41) is 14.1. The van der Waals surface area contributed by atoms with Gasteiger partial charge >= 0.3 is 5.97 Å². The first-order chi connectivity index (χ1) is 13.6. The van der Waals surface area contributed by atoms with Crippen LogP contribution in [0.15, 0.2) is 73.8 Å². The predicted molar refractivity (Wildman–Crippen MR) is 112 cm³/mol. The summed E-state index contributed by atoms with van der Waals surface area (Å²) in [6.45, 7) is 7.32. The number of rotatable bonds is 9. The van der Waals surface area contributed by atoms with Crippen LogP contribution in [0.1, 0.15) is 18.4 Å². The number of carbonyl (C=O) groups is 1. The van der Waals surface area contributed by atoms with Crippen molar-refractivity contribution in [2.24, 2.45) is 0 Å². The van der Waals surface area contributed by atoms with Gasteiger partial charge in [0, 0.05) is 6.08 Å². The standard InChI is InChI=1S/C24H24O4/c1-3-23(25)27-14-6-5-7-17-8-12-21-18(15-17)9-10-19-16-20(11-13-22(19)21)28-24(26)4-2/h3-4,8-13,15-16,24,26H,1-2,5-7,14H2. The molecule has 0 aliphatic carbocycles. The number of aryl methyl sites for hydroxylation is 1. The molecule has 0 aliphatic rings. The number of hydrogen-bond donors (Lipinski definition) is 1. The summed E-state index contributed by atoms with van der Waals surface area (Å²) in [7, 11) is 0. The van der Waals surface area contributed by atoms with Crippen molar-refractivity contribution in [3.63, 3.8) is 0 Å². The van der Waals surface area contributed by atoms with Crippen molar-refractivity contribution < 1.29 is 19.4 Å². The van der Waals surface area contributed by atoms with Gasteiger partial charge in [-0.1, -0.05) is 49.6 Å². The molecule has 0 aliphatic heterocycles. The van der Waals surface area contributed by atoms with E-state index in [1.807, 2.05) is 18.2 Å². The highest BCUT2D eigenvalue weighted by Gasteiger charge is 2.06. The second-order valence-electron chi connectivity index (χ2n) is 6.58. The molecule has 0 saturated heterocycles. The number of benzene rings is 3. The lowest BCUT2D eigenvalue weighted by molar-refractivity contribution is -0.137. The number of hydrogen-bond acceptors (Lipinski definition) is 4. The first kappa shape index (κ1) is 19.6. The van der Waals surface area contributed by atoms with Crippen LogP contribution in [0, 0.1) is 0 Å². The molecule has 3 aromatic carbocycles. The Morgan fingerprint density at radius 3 is 2.43 bits per heavy atom. The number of esters is 1. The van der Waals surface area contributed by atoms with Gasteiger partial charge in [0.25, 0.3) is 0 Å². The van der Waals surface area contributed by atoms with Gasteiger partial charge in [0.2, 0.25) is 6.29 Å². The number of aliphatic hydroxyl groups is 1. The normalized spacial score (nSPS) is 11.9. The van der Waals surface area contributed by atoms with Crippen molar-refractivity contribution in [1.82, 2.24) is 0 Å². The van der Waals surface area contributed by atoms with Crippen LogP contribution < -0.4 is 4.74 Å². The number of carbonyl (C=O) groups excluding carboxylic acids is 1. The Kier molecular flexibility index (Phi) is 6.45. The zero-order valence-electron chi connectivity index (χ0n) is 15.8. The molecule has 0 heterocycles. The van der Waals surface area contributed by atoms with Crippen LogP contribution >= 0.6 is 0 Å². The smallest absolute Gasteiger partial charge is 0.330 e. The Morgan fingerprint density at radius 1 is 1.00 bits per heavy atom. The summed E-state index contributed by atoms with van der Waals surface area (Å²) >= 11 is 0. The van der Waals surface area contributed by atoms with Crippen LogP contribution in [0.25, 0.3) is 21.5 Å². The van der Waals surface area contributed by atoms with Gasteiger partial charge in [0.15, 0.2) is 0 Å². The van der Waals surface area contributed by atoms with Crippen LogP contribution in [-0.2, 0) is 16.0 Å². The maximum atomic E-state index is 11.0. The summed E-state index contributed by atoms with van der Waals surface area (Å²) in [5.74, 6) is 0.234. The molecule has 0 bridgehead atoms. The van der Waals surface area contributed by atoms with Crippen molar-refractivity contribution in [3.05, 3.63) is 79.4 Å². The molecule has 3 aromatic rings. The molecule has 0 aromatic heterocycles. The Morgan fingerprint density at radius 2 is 1.71 bits per heavy atom. The highest BCUT2D eigenvalue weighted by molar-refractivity contribution is 6.07. The highest BCUT2D eigenvalue weighted by atomic mass is 16.6. The van der Waals surface area contributed by atoms with Gasteiger partial charge in [0.1, 0.15) is 5.75 Å². The minimum atomic E-state index is -1.01. The van der Waals surface area contributed by atoms with Gasteiger partial charge in [-0.05, 0) is 64.6 Å². The Labute approximate surface area is 164 Å². The SMILES string of the molecule is C=CC(=O)OCCCCc1ccc2c(ccc3cc(OC(O)C=C)ccc32)c1. The molecule has 0 spiro atoms. The largest absolute Gasteiger partial charge is 0.463 e. The number of unbranched alkanes of at least 4 members (excludes halogenated alkanes) is 1. The zero-order valence-corrected chi connectivity index (χ0v) is 15.8. The molecular formula is C24H24O4. The Balaban J connectivity index is 1.71. The van der Waals surface area contributed by atoms with Crippen molar-refractivity contribution in [3.8, 4) is 5.75 Å². The summed E-state index contributed by atoms with van der Waals surface area (Å²) in [6, 6.07) is 16.4. The molecule has 1 atom stereocenters. The lowest BCUT2D eigenvalue weighted by Gasteiger charge is -2.11. The Bertz CT molecular complexity index is 1010. The monoisotopic (exact) mass is 376 g/mol. The quantitative estimate of drug-likeness (QED) is 0.144. The number of aliphatic hydroxyl groups excluding tert-OH is 1. The maximum absolute atomic E-state index is 11.0. The van der Waals surface area contributed by atoms with Gasteiger partial charge in [-0.2, -0.15) is 0 Å². The van der Waals surface area contributed by atoms with Crippen LogP contribution in [-0.4, -0.2) is 24.0 Å². The zero-order chi connectivity index (χ0) is 19.9. The van der Waals surface area contributed by atoms with Crippen molar-refractivity contribution in [2.45, 2.75) is 25.6 Å². The van der Waals surface area contributed by atoms with Gasteiger partial charge in [-0.3, -0.25) is 0 Å². The van der Waals surface area contributed by atoms with Gasteiger partial charge in [0.05, 0.1) is 6.61 Å². The molecule has 1 N–H and O–H groups in total. The van der Waals surface area contributed by atoms with Crippen LogP contribution in [0.2, 0.25) is 0 Å². The third-order valence-corrected chi connectivity index (χ3v) is 4.60. The van der Waals surface area contributed by atoms with Crippen LogP contribution in [0.4, 0.5) is 0 Å². The molecule has 4 nitrogen and oxygen atoms in total. The summed E-state index contributed by atoms with van der Waals surface area (Å²) < 4.78 is 10.4. The molecule has 0 amide bonds. The maximum Gasteiger partial charge on any atom is 0.330 e. The average Bonchev–Trinajstić information content (AvgIpc) is 2.72. The lowest BCUT2D eigenvalue weighted by Crippen LogP contribution is -2.10. The third kappa shape index (κ3) is 4.78. The minimum Gasteiger partial charge on any atom is -0.463 e. The third-order valence-electron chi connectivity index (χ3n) is 4.60. The van der Waals surface area contributed by atoms with E-state index in [1.54, 1.807) is 0 Å². The van der Waals surface area contributed by atoms with Gasteiger partial charge < -0.3 is 14.6 Å². The molecule has 0 fully saturated rings. The van der Waals surface area contributed by atoms with Crippen molar-refractivity contribution in [2.75, 3.05) is 6.61 Å². The Hall–Kier alpha value is -3.11. The van der Waals surface area contributed by atoms with E-state index in [-0.39, 0.29) is 5.97 Å². The number of fused-ring (bicyclic) bond motifs is 3. The van der Waals surface area contributed by atoms with E-state index in [0.29, 0.717) is 12.4 Å². The molecular weight excluding hydrogens is 352 g/mol. The second-order valence-corrected chi connectivity index (χ2v) is 6.58. The summed E-state index contributed by atoms with van der Waals surface area (Å²) in [5.41, 5.74) is 1.26. The molecule has 28 heavy (non-hydrogen) atoms. The van der Waals surface area contributed by atoms with Gasteiger partial charge in [-0.15, -0.1) is 0 Å². The summed E-state index contributed by atoms with van der Waals surface area (Å²) in [6.07, 6.45) is 4.23. The second kappa shape index (κ2) is 9.20. The first-order valence-electron chi connectivity index (χ1n) is 9.32. The predicted octanol–water partition coefficient (Wildman–Crippen LogP) is 4.93. The van der Waals surface area contributed by atoms with E-state index in [2.05, 4.69) is 43.5 Å². The topological polar surface area (TPSA) is 55.8 Å². The first-order valence-corrected chi connectivity index (χ1v) is 9.32. The molecule has 144 valence electrons. The van der Waals surface area contributed by atoms with Gasteiger partial charge in [-0.25, -0.2) is 4.79 Å². The molecule has 1 unspecified atom stereocenters. The average molecular weight is 376 g/mol. The highest BCUT2D eigenvalue weighted by Crippen LogP contribution is 2.29. The fourth-order valence-corrected chi connectivity index (χ4v) is 3.18. The fraction of sp³-hybridized carbons (Fsp3) is 0.208. The van der Waals surface area contributed by atoms with E-state index < -0.39 is 6.29 Å². The molecule has 0 saturated carbocycles. The van der Waals surface area contributed by atoms with E-state index in [4.69, 9.17) is 9.47 Å². The van der Waals surface area contributed by atoms with Crippen molar-refractivity contribution in [1.29, 1.82) is 0 Å². The van der Waals surface area contributed by atoms with E-state index in [0.717, 1.165) is 30.0 Å². The lowest BCUT2D eigenvalue weighted by atomic mass is 9.98. The van der Waals surface area contributed by atoms with Crippen molar-refractivity contribution >= 4 is 27.5 Å². The van der Waals surface area contributed by atoms with Crippen LogP contribution in [0.5, 0.6) is 5.75 Å². The molecule has 0 radical (unpaired) electrons. The van der Waals surface area contributed by atoms with E-state index >= 15 is 0 Å². The minimum absolute atomic E-state index is 0.370. The van der Waals surface area contributed by atoms with E-state index in [1.165, 1.54) is 28.5 Å². The molecule has 4 heteroatoms. The summed E-state index contributed by atoms with van der Waals surface area (Å²) in [4.78, 5) is 11.0. The fourth-order valence-electron chi connectivity index (χ4n) is 3.18.